The van der Waals surface area contributed by atoms with Crippen LogP contribution < -0.4 is 20.3 Å². The van der Waals surface area contributed by atoms with Crippen molar-refractivity contribution in [1.82, 2.24) is 15.3 Å². The summed E-state index contributed by atoms with van der Waals surface area (Å²) < 4.78 is 10.8. The van der Waals surface area contributed by atoms with Gasteiger partial charge in [0.15, 0.2) is 5.82 Å². The summed E-state index contributed by atoms with van der Waals surface area (Å²) in [6, 6.07) is 15.4. The van der Waals surface area contributed by atoms with Gasteiger partial charge in [0, 0.05) is 35.0 Å². The molecule has 180 valence electrons. The van der Waals surface area contributed by atoms with Crippen molar-refractivity contribution in [2.45, 2.75) is 24.0 Å². The van der Waals surface area contributed by atoms with E-state index in [9.17, 15) is 9.59 Å². The molecule has 1 atom stereocenters. The zero-order valence-corrected chi connectivity index (χ0v) is 20.0. The topological polar surface area (TPSA) is 106 Å². The Morgan fingerprint density at radius 1 is 1.23 bits per heavy atom. The molecular weight excluding hydrogens is 466 g/mol. The second-order valence-electron chi connectivity index (χ2n) is 8.22. The highest BCUT2D eigenvalue weighted by Gasteiger charge is 2.32. The van der Waals surface area contributed by atoms with E-state index in [1.54, 1.807) is 24.3 Å². The Morgan fingerprint density at radius 3 is 3.03 bits per heavy atom. The maximum absolute atomic E-state index is 12.5. The Labute approximate surface area is 207 Å². The van der Waals surface area contributed by atoms with Crippen molar-refractivity contribution in [3.05, 3.63) is 60.3 Å². The first-order valence-electron chi connectivity index (χ1n) is 11.3. The van der Waals surface area contributed by atoms with Crippen LogP contribution in [0.5, 0.6) is 5.88 Å². The molecule has 0 bridgehead atoms. The highest BCUT2D eigenvalue weighted by Crippen LogP contribution is 2.35. The number of hydrogen-bond acceptors (Lipinski definition) is 8. The lowest BCUT2D eigenvalue weighted by molar-refractivity contribution is -0.113. The number of amides is 2. The van der Waals surface area contributed by atoms with E-state index in [4.69, 9.17) is 9.47 Å². The van der Waals surface area contributed by atoms with Crippen molar-refractivity contribution in [2.75, 3.05) is 36.2 Å². The molecular formula is C25H25N5O4S. The lowest BCUT2D eigenvalue weighted by Gasteiger charge is -2.20. The standard InChI is InChI=1S/C25H25N5O4S/c1-33-23-8-10-27-24(29-23)17-4-2-3-16(11-17)13-26-9-7-19-14-30(25(32)34-19)18-5-6-21-20(12-18)28-22(31)15-35-21/h2-6,8,10-12,19,26H,7,9,13-15H2,1H3,(H,28,31)/t19-/m1/s1. The summed E-state index contributed by atoms with van der Waals surface area (Å²) in [6.45, 7) is 1.84. The minimum atomic E-state index is -0.365. The minimum absolute atomic E-state index is 0.0332. The van der Waals surface area contributed by atoms with Gasteiger partial charge in [0.2, 0.25) is 11.8 Å². The van der Waals surface area contributed by atoms with Gasteiger partial charge in [0.25, 0.3) is 0 Å². The molecule has 2 aliphatic rings. The van der Waals surface area contributed by atoms with Crippen LogP contribution in [-0.2, 0) is 16.1 Å². The minimum Gasteiger partial charge on any atom is -0.481 e. The van der Waals surface area contributed by atoms with Crippen LogP contribution in [0.3, 0.4) is 0 Å². The summed E-state index contributed by atoms with van der Waals surface area (Å²) in [7, 11) is 1.58. The Kier molecular flexibility index (Phi) is 6.82. The number of nitrogens with zero attached hydrogens (tertiary/aromatic N) is 3. The smallest absolute Gasteiger partial charge is 0.414 e. The van der Waals surface area contributed by atoms with Gasteiger partial charge >= 0.3 is 6.09 Å². The molecule has 2 aliphatic heterocycles. The number of benzene rings is 2. The van der Waals surface area contributed by atoms with Gasteiger partial charge < -0.3 is 20.1 Å². The average molecular weight is 492 g/mol. The van der Waals surface area contributed by atoms with Gasteiger partial charge in [-0.3, -0.25) is 9.69 Å². The number of aromatic nitrogens is 2. The van der Waals surface area contributed by atoms with Crippen LogP contribution in [-0.4, -0.2) is 54.0 Å². The summed E-state index contributed by atoms with van der Waals surface area (Å²) >= 11 is 1.49. The van der Waals surface area contributed by atoms with Gasteiger partial charge in [-0.2, -0.15) is 4.98 Å². The summed E-state index contributed by atoms with van der Waals surface area (Å²) in [6.07, 6.45) is 1.80. The van der Waals surface area contributed by atoms with Gasteiger partial charge in [0.05, 0.1) is 25.1 Å². The monoisotopic (exact) mass is 491 g/mol. The van der Waals surface area contributed by atoms with Crippen molar-refractivity contribution in [3.63, 3.8) is 0 Å². The van der Waals surface area contributed by atoms with Crippen LogP contribution in [0.1, 0.15) is 12.0 Å². The lowest BCUT2D eigenvalue weighted by Crippen LogP contribution is -2.26. The van der Waals surface area contributed by atoms with Crippen molar-refractivity contribution >= 4 is 35.1 Å². The number of carbonyl (C=O) groups excluding carboxylic acids is 2. The van der Waals surface area contributed by atoms with Gasteiger partial charge in [-0.1, -0.05) is 18.2 Å². The fourth-order valence-corrected chi connectivity index (χ4v) is 4.82. The predicted octanol–water partition coefficient (Wildman–Crippen LogP) is 3.70. The fraction of sp³-hybridized carbons (Fsp3) is 0.280. The van der Waals surface area contributed by atoms with Crippen LogP contribution in [0.15, 0.2) is 59.6 Å². The third-order valence-electron chi connectivity index (χ3n) is 5.78. The molecule has 3 aromatic rings. The van der Waals surface area contributed by atoms with Crippen molar-refractivity contribution in [3.8, 4) is 17.3 Å². The quantitative estimate of drug-likeness (QED) is 0.460. The summed E-state index contributed by atoms with van der Waals surface area (Å²) in [4.78, 5) is 35.5. The molecule has 0 radical (unpaired) electrons. The summed E-state index contributed by atoms with van der Waals surface area (Å²) in [5.41, 5.74) is 3.49. The molecule has 5 rings (SSSR count). The molecule has 0 spiro atoms. The van der Waals surface area contributed by atoms with Gasteiger partial charge in [-0.25, -0.2) is 9.78 Å². The first-order chi connectivity index (χ1) is 17.1. The first-order valence-corrected chi connectivity index (χ1v) is 12.3. The summed E-state index contributed by atoms with van der Waals surface area (Å²) in [5, 5.41) is 6.28. The first kappa shape index (κ1) is 23.1. The normalized spacial score (nSPS) is 17.1. The summed E-state index contributed by atoms with van der Waals surface area (Å²) in [5.74, 6) is 1.52. The Hall–Kier alpha value is -3.63. The Morgan fingerprint density at radius 2 is 2.14 bits per heavy atom. The van der Waals surface area contributed by atoms with E-state index in [2.05, 4.69) is 20.6 Å². The van der Waals surface area contributed by atoms with E-state index in [0.717, 1.165) is 27.4 Å². The highest BCUT2D eigenvalue weighted by atomic mass is 32.2. The number of fused-ring (bicyclic) bond motifs is 1. The van der Waals surface area contributed by atoms with E-state index in [-0.39, 0.29) is 18.1 Å². The number of rotatable bonds is 8. The third kappa shape index (κ3) is 5.39. The number of hydrogen-bond donors (Lipinski definition) is 2. The zero-order chi connectivity index (χ0) is 24.2. The van der Waals surface area contributed by atoms with Crippen LogP contribution in [0.25, 0.3) is 11.4 Å². The third-order valence-corrected chi connectivity index (χ3v) is 6.85. The van der Waals surface area contributed by atoms with E-state index in [0.29, 0.717) is 43.5 Å². The number of thioether (sulfide) groups is 1. The van der Waals surface area contributed by atoms with Gasteiger partial charge in [0.1, 0.15) is 6.10 Å². The van der Waals surface area contributed by atoms with Crippen molar-refractivity contribution in [2.24, 2.45) is 0 Å². The molecule has 1 aromatic heterocycles. The van der Waals surface area contributed by atoms with E-state index in [1.807, 2.05) is 42.5 Å². The number of methoxy groups -OCH3 is 1. The molecule has 1 fully saturated rings. The molecule has 0 aliphatic carbocycles. The van der Waals surface area contributed by atoms with Crippen molar-refractivity contribution in [1.29, 1.82) is 0 Å². The molecule has 2 aromatic carbocycles. The van der Waals surface area contributed by atoms with Gasteiger partial charge in [-0.05, 0) is 42.8 Å². The second kappa shape index (κ2) is 10.3. The largest absolute Gasteiger partial charge is 0.481 e. The molecule has 0 saturated carbocycles. The SMILES string of the molecule is COc1ccnc(-c2cccc(CNCC[C@@H]3CN(c4ccc5c(c4)NC(=O)CS5)C(=O)O3)c2)n1. The maximum Gasteiger partial charge on any atom is 0.414 e. The zero-order valence-electron chi connectivity index (χ0n) is 19.2. The van der Waals surface area contributed by atoms with E-state index < -0.39 is 0 Å². The fourth-order valence-electron chi connectivity index (χ4n) is 4.03. The van der Waals surface area contributed by atoms with Crippen LogP contribution >= 0.6 is 11.8 Å². The number of nitrogens with one attached hydrogen (secondary N) is 2. The van der Waals surface area contributed by atoms with Crippen LogP contribution in [0, 0.1) is 0 Å². The van der Waals surface area contributed by atoms with Crippen LogP contribution in [0.2, 0.25) is 0 Å². The molecule has 0 unspecified atom stereocenters. The number of carbonyl (C=O) groups is 2. The number of ether oxygens (including phenoxy) is 2. The average Bonchev–Trinajstić information content (AvgIpc) is 3.26. The molecule has 10 heteroatoms. The molecule has 3 heterocycles. The highest BCUT2D eigenvalue weighted by molar-refractivity contribution is 8.00. The molecule has 1 saturated heterocycles. The number of cyclic esters (lactones) is 1. The molecule has 2 amide bonds. The molecule has 9 nitrogen and oxygen atoms in total. The second-order valence-corrected chi connectivity index (χ2v) is 9.24. The molecule has 2 N–H and O–H groups in total. The van der Waals surface area contributed by atoms with Crippen LogP contribution in [0.4, 0.5) is 16.2 Å². The van der Waals surface area contributed by atoms with E-state index >= 15 is 0 Å². The lowest BCUT2D eigenvalue weighted by atomic mass is 10.1. The Bertz CT molecular complexity index is 1250. The van der Waals surface area contributed by atoms with Crippen molar-refractivity contribution < 1.29 is 19.1 Å². The Balaban J connectivity index is 1.13. The molecule has 35 heavy (non-hydrogen) atoms. The van der Waals surface area contributed by atoms with Gasteiger partial charge in [-0.15, -0.1) is 11.8 Å². The van der Waals surface area contributed by atoms with E-state index in [1.165, 1.54) is 11.8 Å². The number of anilines is 2. The maximum atomic E-state index is 12.5. The predicted molar refractivity (Wildman–Crippen MR) is 134 cm³/mol.